The average Bonchev–Trinajstić information content (AvgIpc) is 2.79. The summed E-state index contributed by atoms with van der Waals surface area (Å²) in [6.45, 7) is 4.20. The van der Waals surface area contributed by atoms with Crippen LogP contribution < -0.4 is 0 Å². The number of rotatable bonds is 0. The van der Waals surface area contributed by atoms with Crippen LogP contribution in [0.4, 0.5) is 0 Å². The maximum absolute atomic E-state index is 12.4. The molecule has 4 aliphatic carbocycles. The lowest BCUT2D eigenvalue weighted by Crippen LogP contribution is -2.56. The van der Waals surface area contributed by atoms with Crippen molar-refractivity contribution < 1.29 is 14.7 Å². The van der Waals surface area contributed by atoms with Gasteiger partial charge in [0.15, 0.2) is 5.78 Å². The molecule has 22 heavy (non-hydrogen) atoms. The topological polar surface area (TPSA) is 54.4 Å². The minimum absolute atomic E-state index is 0.0863. The number of carbonyl (C=O) groups is 2. The van der Waals surface area contributed by atoms with E-state index < -0.39 is 11.5 Å². The molecule has 0 heterocycles. The van der Waals surface area contributed by atoms with Crippen molar-refractivity contribution in [2.45, 2.75) is 52.1 Å². The highest BCUT2D eigenvalue weighted by Crippen LogP contribution is 2.63. The summed E-state index contributed by atoms with van der Waals surface area (Å²) in [4.78, 5) is 24.1. The van der Waals surface area contributed by atoms with Crippen molar-refractivity contribution >= 4 is 11.6 Å². The van der Waals surface area contributed by atoms with Gasteiger partial charge in [0, 0.05) is 11.8 Å². The van der Waals surface area contributed by atoms with Crippen molar-refractivity contribution in [1.82, 2.24) is 0 Å². The lowest BCUT2D eigenvalue weighted by Gasteiger charge is -2.57. The molecule has 3 heteroatoms. The number of hydrogen-bond donors (Lipinski definition) is 1. The minimum atomic E-state index is -0.545. The van der Waals surface area contributed by atoms with Crippen LogP contribution in [0.15, 0.2) is 23.8 Å². The Morgan fingerprint density at radius 2 is 1.91 bits per heavy atom. The fourth-order valence-electron chi connectivity index (χ4n) is 5.95. The van der Waals surface area contributed by atoms with Crippen LogP contribution in [0.5, 0.6) is 0 Å². The molecule has 0 aliphatic heterocycles. The SMILES string of the molecule is C[C@]12C=CC(=O)C=C1CC[C@@H]1[C@@H]2CC(O)[C@]2(C)C(=O)CC[C@@H]12. The Kier molecular flexibility index (Phi) is 2.88. The van der Waals surface area contributed by atoms with E-state index in [1.807, 2.05) is 6.92 Å². The summed E-state index contributed by atoms with van der Waals surface area (Å²) in [5.74, 6) is 1.47. The number of fused-ring (bicyclic) bond motifs is 5. The molecule has 4 aliphatic rings. The predicted molar refractivity (Wildman–Crippen MR) is 83.0 cm³/mol. The molecule has 3 saturated carbocycles. The van der Waals surface area contributed by atoms with Gasteiger partial charge >= 0.3 is 0 Å². The molecule has 3 nitrogen and oxygen atoms in total. The second-order valence-corrected chi connectivity index (χ2v) is 8.10. The van der Waals surface area contributed by atoms with E-state index in [-0.39, 0.29) is 17.0 Å². The highest BCUT2D eigenvalue weighted by Gasteiger charge is 2.62. The van der Waals surface area contributed by atoms with Crippen LogP contribution in [-0.2, 0) is 9.59 Å². The van der Waals surface area contributed by atoms with Gasteiger partial charge < -0.3 is 5.11 Å². The fourth-order valence-corrected chi connectivity index (χ4v) is 5.95. The van der Waals surface area contributed by atoms with E-state index in [4.69, 9.17) is 0 Å². The van der Waals surface area contributed by atoms with Gasteiger partial charge in [0.1, 0.15) is 5.78 Å². The lowest BCUT2D eigenvalue weighted by molar-refractivity contribution is -0.148. The molecule has 4 rings (SSSR count). The second-order valence-electron chi connectivity index (χ2n) is 8.10. The van der Waals surface area contributed by atoms with Crippen LogP contribution >= 0.6 is 0 Å². The monoisotopic (exact) mass is 300 g/mol. The van der Waals surface area contributed by atoms with Crippen molar-refractivity contribution in [2.24, 2.45) is 28.6 Å². The molecule has 0 radical (unpaired) electrons. The molecule has 6 atom stereocenters. The van der Waals surface area contributed by atoms with Gasteiger partial charge in [-0.2, -0.15) is 0 Å². The number of aliphatic hydroxyl groups excluding tert-OH is 1. The Labute approximate surface area is 131 Å². The standard InChI is InChI=1S/C19H24O3/c1-18-8-7-12(20)9-11(18)3-4-13-14-5-6-16(21)19(14,2)17(22)10-15(13)18/h7-9,13-15,17,22H,3-6,10H2,1-2H3/t13-,14-,15-,17?,18-,19-/m0/s1. The Balaban J connectivity index is 1.76. The van der Waals surface area contributed by atoms with Gasteiger partial charge in [-0.25, -0.2) is 0 Å². The molecule has 1 N–H and O–H groups in total. The summed E-state index contributed by atoms with van der Waals surface area (Å²) in [6.07, 6.45) is 9.22. The largest absolute Gasteiger partial charge is 0.392 e. The van der Waals surface area contributed by atoms with E-state index in [1.165, 1.54) is 5.57 Å². The third-order valence-electron chi connectivity index (χ3n) is 7.38. The summed E-state index contributed by atoms with van der Waals surface area (Å²) in [5, 5.41) is 10.8. The van der Waals surface area contributed by atoms with Crippen LogP contribution in [0.1, 0.15) is 46.0 Å². The van der Waals surface area contributed by atoms with E-state index in [2.05, 4.69) is 13.0 Å². The highest BCUT2D eigenvalue weighted by molar-refractivity contribution is 6.01. The quantitative estimate of drug-likeness (QED) is 0.748. The van der Waals surface area contributed by atoms with E-state index in [1.54, 1.807) is 12.2 Å². The fraction of sp³-hybridized carbons (Fsp3) is 0.684. The summed E-state index contributed by atoms with van der Waals surface area (Å²) >= 11 is 0. The van der Waals surface area contributed by atoms with Gasteiger partial charge in [-0.3, -0.25) is 9.59 Å². The van der Waals surface area contributed by atoms with E-state index in [0.29, 0.717) is 30.6 Å². The first-order chi connectivity index (χ1) is 10.4. The molecule has 0 aromatic rings. The van der Waals surface area contributed by atoms with Crippen molar-refractivity contribution in [1.29, 1.82) is 0 Å². The van der Waals surface area contributed by atoms with Gasteiger partial charge in [0.2, 0.25) is 0 Å². The molecule has 0 saturated heterocycles. The normalized spacial score (nSPS) is 50.2. The van der Waals surface area contributed by atoms with E-state index >= 15 is 0 Å². The maximum Gasteiger partial charge on any atom is 0.178 e. The van der Waals surface area contributed by atoms with E-state index in [0.717, 1.165) is 19.3 Å². The number of allylic oxidation sites excluding steroid dienone is 4. The molecular weight excluding hydrogens is 276 g/mol. The highest BCUT2D eigenvalue weighted by atomic mass is 16.3. The molecule has 0 aromatic carbocycles. The Bertz CT molecular complexity index is 616. The smallest absolute Gasteiger partial charge is 0.178 e. The Morgan fingerprint density at radius 3 is 2.68 bits per heavy atom. The Hall–Kier alpha value is -1.22. The van der Waals surface area contributed by atoms with Crippen molar-refractivity contribution in [3.63, 3.8) is 0 Å². The lowest BCUT2D eigenvalue weighted by atomic mass is 9.48. The maximum atomic E-state index is 12.4. The number of carbonyl (C=O) groups excluding carboxylic acids is 2. The number of ketones is 2. The molecule has 118 valence electrons. The number of aliphatic hydroxyl groups is 1. The number of Topliss-reactive ketones (excluding diaryl/α,β-unsaturated/α-hetero) is 1. The first-order valence-corrected chi connectivity index (χ1v) is 8.53. The second kappa shape index (κ2) is 4.41. The third-order valence-corrected chi connectivity index (χ3v) is 7.38. The third kappa shape index (κ3) is 1.61. The van der Waals surface area contributed by atoms with E-state index in [9.17, 15) is 14.7 Å². The first kappa shape index (κ1) is 14.4. The summed E-state index contributed by atoms with van der Waals surface area (Å²) in [7, 11) is 0. The molecule has 0 amide bonds. The van der Waals surface area contributed by atoms with Crippen LogP contribution in [0.25, 0.3) is 0 Å². The number of hydrogen-bond acceptors (Lipinski definition) is 3. The predicted octanol–water partition coefficient (Wildman–Crippen LogP) is 2.83. The van der Waals surface area contributed by atoms with Gasteiger partial charge in [0.25, 0.3) is 0 Å². The average molecular weight is 300 g/mol. The zero-order valence-electron chi connectivity index (χ0n) is 13.3. The van der Waals surface area contributed by atoms with Crippen LogP contribution in [0, 0.1) is 28.6 Å². The Morgan fingerprint density at radius 1 is 1.14 bits per heavy atom. The molecule has 3 fully saturated rings. The first-order valence-electron chi connectivity index (χ1n) is 8.53. The molecule has 0 spiro atoms. The van der Waals surface area contributed by atoms with Crippen molar-refractivity contribution in [2.75, 3.05) is 0 Å². The van der Waals surface area contributed by atoms with Crippen LogP contribution in [-0.4, -0.2) is 22.8 Å². The summed E-state index contributed by atoms with van der Waals surface area (Å²) < 4.78 is 0. The molecule has 0 bridgehead atoms. The van der Waals surface area contributed by atoms with Crippen LogP contribution in [0.2, 0.25) is 0 Å². The summed E-state index contributed by atoms with van der Waals surface area (Å²) in [6, 6.07) is 0. The molecule has 0 aromatic heterocycles. The zero-order valence-corrected chi connectivity index (χ0v) is 13.3. The summed E-state index contributed by atoms with van der Waals surface area (Å²) in [5.41, 5.74) is 0.568. The minimum Gasteiger partial charge on any atom is -0.392 e. The molecule has 1 unspecified atom stereocenters. The van der Waals surface area contributed by atoms with Gasteiger partial charge in [-0.1, -0.05) is 18.6 Å². The van der Waals surface area contributed by atoms with Crippen LogP contribution in [0.3, 0.4) is 0 Å². The van der Waals surface area contributed by atoms with Gasteiger partial charge in [0.05, 0.1) is 11.5 Å². The zero-order chi connectivity index (χ0) is 15.7. The van der Waals surface area contributed by atoms with Gasteiger partial charge in [-0.05, 0) is 62.5 Å². The molecular formula is C19H24O3. The van der Waals surface area contributed by atoms with Crippen molar-refractivity contribution in [3.8, 4) is 0 Å². The van der Waals surface area contributed by atoms with Gasteiger partial charge in [-0.15, -0.1) is 0 Å². The van der Waals surface area contributed by atoms with Crippen molar-refractivity contribution in [3.05, 3.63) is 23.8 Å².